The SMILES string of the molecule is CCOC(=O)C1=C(CN2CCOC(c3ccc(F)cc3)C2)NC(=O)NC1c1ccco1. The number of halogens is 1. The first-order valence-corrected chi connectivity index (χ1v) is 10.2. The molecule has 1 saturated heterocycles. The van der Waals surface area contributed by atoms with Crippen LogP contribution in [0.25, 0.3) is 0 Å². The minimum absolute atomic E-state index is 0.207. The predicted molar refractivity (Wildman–Crippen MR) is 108 cm³/mol. The summed E-state index contributed by atoms with van der Waals surface area (Å²) in [6.45, 7) is 3.87. The lowest BCUT2D eigenvalue weighted by Gasteiger charge is -2.35. The minimum Gasteiger partial charge on any atom is -0.467 e. The Morgan fingerprint density at radius 3 is 2.81 bits per heavy atom. The zero-order valence-electron chi connectivity index (χ0n) is 17.1. The number of benzene rings is 1. The lowest BCUT2D eigenvalue weighted by molar-refractivity contribution is -0.139. The van der Waals surface area contributed by atoms with Crippen LogP contribution < -0.4 is 10.6 Å². The number of carbonyl (C=O) groups is 2. The number of morpholine rings is 1. The van der Waals surface area contributed by atoms with E-state index >= 15 is 0 Å². The highest BCUT2D eigenvalue weighted by Gasteiger charge is 2.36. The van der Waals surface area contributed by atoms with Crippen molar-refractivity contribution in [1.29, 1.82) is 0 Å². The van der Waals surface area contributed by atoms with Crippen molar-refractivity contribution < 1.29 is 27.9 Å². The third-order valence-electron chi connectivity index (χ3n) is 5.25. The fraction of sp³-hybridized carbons (Fsp3) is 0.364. The summed E-state index contributed by atoms with van der Waals surface area (Å²) in [5.41, 5.74) is 1.64. The Morgan fingerprint density at radius 1 is 1.29 bits per heavy atom. The average Bonchev–Trinajstić information content (AvgIpc) is 3.29. The van der Waals surface area contributed by atoms with Crippen LogP contribution in [0.15, 0.2) is 58.3 Å². The zero-order valence-corrected chi connectivity index (χ0v) is 17.1. The molecule has 9 heteroatoms. The molecule has 0 bridgehead atoms. The molecule has 2 aliphatic heterocycles. The normalized spacial score (nSPS) is 22.1. The van der Waals surface area contributed by atoms with Gasteiger partial charge in [-0.1, -0.05) is 12.1 Å². The van der Waals surface area contributed by atoms with E-state index in [2.05, 4.69) is 15.5 Å². The van der Waals surface area contributed by atoms with E-state index in [-0.39, 0.29) is 18.5 Å². The lowest BCUT2D eigenvalue weighted by Crippen LogP contribution is -2.49. The maximum Gasteiger partial charge on any atom is 0.338 e. The number of urea groups is 1. The maximum absolute atomic E-state index is 13.3. The molecule has 8 nitrogen and oxygen atoms in total. The van der Waals surface area contributed by atoms with Crippen molar-refractivity contribution in [2.75, 3.05) is 32.8 Å². The second-order valence-corrected chi connectivity index (χ2v) is 7.31. The predicted octanol–water partition coefficient (Wildman–Crippen LogP) is 2.66. The second-order valence-electron chi connectivity index (χ2n) is 7.31. The largest absolute Gasteiger partial charge is 0.467 e. The fourth-order valence-electron chi connectivity index (χ4n) is 3.81. The van der Waals surface area contributed by atoms with Crippen LogP contribution in [0.2, 0.25) is 0 Å². The molecule has 1 aromatic carbocycles. The average molecular weight is 429 g/mol. The molecule has 0 spiro atoms. The Hall–Kier alpha value is -3.17. The Balaban J connectivity index is 1.59. The fourth-order valence-corrected chi connectivity index (χ4v) is 3.81. The van der Waals surface area contributed by atoms with Crippen LogP contribution in [0.1, 0.15) is 30.4 Å². The summed E-state index contributed by atoms with van der Waals surface area (Å²) >= 11 is 0. The van der Waals surface area contributed by atoms with Crippen molar-refractivity contribution in [3.05, 3.63) is 71.1 Å². The number of carbonyl (C=O) groups excluding carboxylic acids is 2. The van der Waals surface area contributed by atoms with E-state index in [0.29, 0.717) is 43.3 Å². The van der Waals surface area contributed by atoms with Crippen molar-refractivity contribution in [1.82, 2.24) is 15.5 Å². The molecule has 0 radical (unpaired) electrons. The third-order valence-corrected chi connectivity index (χ3v) is 5.25. The Bertz CT molecular complexity index is 958. The molecule has 2 N–H and O–H groups in total. The molecular weight excluding hydrogens is 405 g/mol. The monoisotopic (exact) mass is 429 g/mol. The van der Waals surface area contributed by atoms with E-state index in [0.717, 1.165) is 5.56 Å². The van der Waals surface area contributed by atoms with Gasteiger partial charge in [0.2, 0.25) is 0 Å². The van der Waals surface area contributed by atoms with Gasteiger partial charge in [-0.3, -0.25) is 4.90 Å². The van der Waals surface area contributed by atoms with Gasteiger partial charge in [0, 0.05) is 25.3 Å². The first-order valence-electron chi connectivity index (χ1n) is 10.2. The number of amides is 2. The molecule has 2 atom stereocenters. The molecule has 2 aromatic rings. The van der Waals surface area contributed by atoms with Gasteiger partial charge in [0.25, 0.3) is 0 Å². The van der Waals surface area contributed by atoms with Gasteiger partial charge in [0.15, 0.2) is 0 Å². The smallest absolute Gasteiger partial charge is 0.338 e. The van der Waals surface area contributed by atoms with Gasteiger partial charge in [0.1, 0.15) is 17.6 Å². The van der Waals surface area contributed by atoms with E-state index in [1.54, 1.807) is 31.2 Å². The topological polar surface area (TPSA) is 93.0 Å². The van der Waals surface area contributed by atoms with Gasteiger partial charge in [0.05, 0.1) is 31.2 Å². The van der Waals surface area contributed by atoms with Crippen LogP contribution in [0.3, 0.4) is 0 Å². The van der Waals surface area contributed by atoms with Crippen LogP contribution in [-0.2, 0) is 14.3 Å². The molecule has 0 saturated carbocycles. The van der Waals surface area contributed by atoms with Gasteiger partial charge < -0.3 is 24.5 Å². The standard InChI is InChI=1S/C22H24FN3O5/c1-2-29-21(27)19-16(24-22(28)25-20(19)17-4-3-10-30-17)12-26-9-11-31-18(13-26)14-5-7-15(23)8-6-14/h3-8,10,18,20H,2,9,11-13H2,1H3,(H2,24,25,28). The molecular formula is C22H24FN3O5. The summed E-state index contributed by atoms with van der Waals surface area (Å²) in [6.07, 6.45) is 1.25. The first-order chi connectivity index (χ1) is 15.0. The van der Waals surface area contributed by atoms with E-state index in [1.165, 1.54) is 18.4 Å². The first kappa shape index (κ1) is 21.1. The zero-order chi connectivity index (χ0) is 21.8. The third kappa shape index (κ3) is 4.78. The van der Waals surface area contributed by atoms with Gasteiger partial charge in [-0.15, -0.1) is 0 Å². The number of ether oxygens (including phenoxy) is 2. The van der Waals surface area contributed by atoms with Crippen molar-refractivity contribution in [2.24, 2.45) is 0 Å². The second kappa shape index (κ2) is 9.32. The summed E-state index contributed by atoms with van der Waals surface area (Å²) in [5, 5.41) is 5.50. The highest BCUT2D eigenvalue weighted by molar-refractivity contribution is 5.95. The van der Waals surface area contributed by atoms with Crippen molar-refractivity contribution in [3.63, 3.8) is 0 Å². The number of rotatable bonds is 6. The number of nitrogens with zero attached hydrogens (tertiary/aromatic N) is 1. The molecule has 0 aliphatic carbocycles. The number of esters is 1. The minimum atomic E-state index is -0.744. The van der Waals surface area contributed by atoms with E-state index in [9.17, 15) is 14.0 Å². The van der Waals surface area contributed by atoms with Crippen LogP contribution in [0, 0.1) is 5.82 Å². The van der Waals surface area contributed by atoms with Gasteiger partial charge >= 0.3 is 12.0 Å². The Labute approximate surface area is 179 Å². The van der Waals surface area contributed by atoms with Crippen molar-refractivity contribution in [2.45, 2.75) is 19.1 Å². The Morgan fingerprint density at radius 2 is 2.10 bits per heavy atom. The molecule has 2 unspecified atom stereocenters. The molecule has 3 heterocycles. The molecule has 1 fully saturated rings. The molecule has 4 rings (SSSR count). The van der Waals surface area contributed by atoms with Gasteiger partial charge in [-0.2, -0.15) is 0 Å². The van der Waals surface area contributed by atoms with Gasteiger partial charge in [-0.05, 0) is 36.8 Å². The van der Waals surface area contributed by atoms with E-state index in [1.807, 2.05) is 0 Å². The maximum atomic E-state index is 13.3. The summed E-state index contributed by atoms with van der Waals surface area (Å²) in [6, 6.07) is 8.44. The van der Waals surface area contributed by atoms with Crippen molar-refractivity contribution in [3.8, 4) is 0 Å². The Kier molecular flexibility index (Phi) is 6.34. The number of furan rings is 1. The van der Waals surface area contributed by atoms with E-state index in [4.69, 9.17) is 13.9 Å². The molecule has 1 aromatic heterocycles. The van der Waals surface area contributed by atoms with Crippen LogP contribution >= 0.6 is 0 Å². The molecule has 164 valence electrons. The summed E-state index contributed by atoms with van der Waals surface area (Å²) in [5.74, 6) is -0.377. The van der Waals surface area contributed by atoms with Crippen molar-refractivity contribution >= 4 is 12.0 Å². The summed E-state index contributed by atoms with van der Waals surface area (Å²) in [4.78, 5) is 27.2. The van der Waals surface area contributed by atoms with Crippen LogP contribution in [0.5, 0.6) is 0 Å². The number of hydrogen-bond donors (Lipinski definition) is 2. The molecule has 2 amide bonds. The number of nitrogens with one attached hydrogen (secondary N) is 2. The highest BCUT2D eigenvalue weighted by Crippen LogP contribution is 2.29. The van der Waals surface area contributed by atoms with Crippen LogP contribution in [0.4, 0.5) is 9.18 Å². The van der Waals surface area contributed by atoms with Gasteiger partial charge in [-0.25, -0.2) is 14.0 Å². The lowest BCUT2D eigenvalue weighted by atomic mass is 9.99. The molecule has 31 heavy (non-hydrogen) atoms. The summed E-state index contributed by atoms with van der Waals surface area (Å²) in [7, 11) is 0. The van der Waals surface area contributed by atoms with E-state index < -0.39 is 18.0 Å². The molecule has 2 aliphatic rings. The number of hydrogen-bond acceptors (Lipinski definition) is 6. The summed E-state index contributed by atoms with van der Waals surface area (Å²) < 4.78 is 29.8. The van der Waals surface area contributed by atoms with Crippen LogP contribution in [-0.4, -0.2) is 49.7 Å². The quantitative estimate of drug-likeness (QED) is 0.686. The highest BCUT2D eigenvalue weighted by atomic mass is 19.1.